The van der Waals surface area contributed by atoms with E-state index in [1.165, 1.54) is 16.8 Å². The first-order valence-corrected chi connectivity index (χ1v) is 5.34. The van der Waals surface area contributed by atoms with Crippen molar-refractivity contribution in [1.82, 2.24) is 5.32 Å². The smallest absolute Gasteiger partial charge is 0.142 e. The van der Waals surface area contributed by atoms with E-state index in [1.54, 1.807) is 7.11 Å². The lowest BCUT2D eigenvalue weighted by molar-refractivity contribution is 0.416. The largest absolute Gasteiger partial charge is 0.495 e. The summed E-state index contributed by atoms with van der Waals surface area (Å²) in [5.41, 5.74) is 3.92. The van der Waals surface area contributed by atoms with Gasteiger partial charge in [-0.15, -0.1) is 0 Å². The van der Waals surface area contributed by atoms with Gasteiger partial charge in [0, 0.05) is 12.6 Å². The minimum absolute atomic E-state index is 0.486. The molecule has 1 heterocycles. The molecule has 0 spiro atoms. The fraction of sp³-hybridized carbons (Fsp3) is 0.500. The molecule has 1 aromatic carbocycles. The number of hydrogen-bond acceptors (Lipinski definition) is 3. The number of methoxy groups -OCH3 is 1. The van der Waals surface area contributed by atoms with Gasteiger partial charge in [-0.2, -0.15) is 0 Å². The number of benzene rings is 1. The number of ether oxygens (including phenoxy) is 1. The zero-order valence-corrected chi connectivity index (χ0v) is 9.55. The van der Waals surface area contributed by atoms with Crippen molar-refractivity contribution in [3.8, 4) is 5.75 Å². The Labute approximate surface area is 90.8 Å². The molecule has 0 fully saturated rings. The third-order valence-corrected chi connectivity index (χ3v) is 2.98. The minimum Gasteiger partial charge on any atom is -0.495 e. The maximum atomic E-state index is 5.36. The van der Waals surface area contributed by atoms with Crippen LogP contribution in [-0.4, -0.2) is 26.7 Å². The minimum atomic E-state index is 0.486. The first-order valence-electron chi connectivity index (χ1n) is 5.34. The van der Waals surface area contributed by atoms with Gasteiger partial charge in [-0.3, -0.25) is 0 Å². The number of hydrogen-bond donors (Lipinski definition) is 2. The van der Waals surface area contributed by atoms with E-state index in [4.69, 9.17) is 4.74 Å². The van der Waals surface area contributed by atoms with Crippen LogP contribution in [0.2, 0.25) is 0 Å². The fourth-order valence-electron chi connectivity index (χ4n) is 2.19. The lowest BCUT2D eigenvalue weighted by Gasteiger charge is -2.11. The molecule has 1 aliphatic rings. The first-order chi connectivity index (χ1) is 7.26. The highest BCUT2D eigenvalue weighted by molar-refractivity contribution is 5.68. The number of likely N-dealkylation sites (N-methyl/N-ethyl adjacent to an activating group) is 1. The predicted molar refractivity (Wildman–Crippen MR) is 62.8 cm³/mol. The summed E-state index contributed by atoms with van der Waals surface area (Å²) in [5.74, 6) is 0.953. The second kappa shape index (κ2) is 4.11. The van der Waals surface area contributed by atoms with E-state index in [0.717, 1.165) is 18.7 Å². The third-order valence-electron chi connectivity index (χ3n) is 2.98. The van der Waals surface area contributed by atoms with Crippen molar-refractivity contribution in [2.75, 3.05) is 26.0 Å². The van der Waals surface area contributed by atoms with E-state index < -0.39 is 0 Å². The normalized spacial score (nSPS) is 18.5. The van der Waals surface area contributed by atoms with Crippen molar-refractivity contribution in [1.29, 1.82) is 0 Å². The molecule has 82 valence electrons. The molecule has 2 N–H and O–H groups in total. The Balaban J connectivity index is 2.30. The van der Waals surface area contributed by atoms with Crippen LogP contribution in [0.5, 0.6) is 5.75 Å². The van der Waals surface area contributed by atoms with Gasteiger partial charge in [-0.1, -0.05) is 6.07 Å². The SMILES string of the molecule is CNCC1Cc2c(C)ccc(OC)c2N1. The van der Waals surface area contributed by atoms with Gasteiger partial charge >= 0.3 is 0 Å². The second-order valence-electron chi connectivity index (χ2n) is 4.04. The average molecular weight is 206 g/mol. The van der Waals surface area contributed by atoms with E-state index in [9.17, 15) is 0 Å². The van der Waals surface area contributed by atoms with Crippen molar-refractivity contribution >= 4 is 5.69 Å². The molecule has 3 nitrogen and oxygen atoms in total. The number of fused-ring (bicyclic) bond motifs is 1. The first kappa shape index (κ1) is 10.3. The van der Waals surface area contributed by atoms with Crippen molar-refractivity contribution in [3.63, 3.8) is 0 Å². The molecule has 0 bridgehead atoms. The highest BCUT2D eigenvalue weighted by Gasteiger charge is 2.24. The maximum absolute atomic E-state index is 5.36. The number of nitrogens with one attached hydrogen (secondary N) is 2. The van der Waals surface area contributed by atoms with Gasteiger partial charge < -0.3 is 15.4 Å². The number of rotatable bonds is 3. The van der Waals surface area contributed by atoms with Crippen molar-refractivity contribution in [2.45, 2.75) is 19.4 Å². The van der Waals surface area contributed by atoms with E-state index in [2.05, 4.69) is 23.6 Å². The molecule has 0 saturated heterocycles. The Kier molecular flexibility index (Phi) is 2.82. The molecule has 2 rings (SSSR count). The summed E-state index contributed by atoms with van der Waals surface area (Å²) >= 11 is 0. The Morgan fingerprint density at radius 1 is 1.53 bits per heavy atom. The standard InChI is InChI=1S/C12H18N2O/c1-8-4-5-11(15-3)12-10(8)6-9(14-12)7-13-2/h4-5,9,13-14H,6-7H2,1-3H3. The molecular formula is C12H18N2O. The zero-order chi connectivity index (χ0) is 10.8. The third kappa shape index (κ3) is 1.79. The highest BCUT2D eigenvalue weighted by atomic mass is 16.5. The average Bonchev–Trinajstić information content (AvgIpc) is 2.64. The molecular weight excluding hydrogens is 188 g/mol. The van der Waals surface area contributed by atoms with Gasteiger partial charge in [0.2, 0.25) is 0 Å². The summed E-state index contributed by atoms with van der Waals surface area (Å²) < 4.78 is 5.36. The Bertz CT molecular complexity index is 363. The lowest BCUT2D eigenvalue weighted by Crippen LogP contribution is -2.28. The fourth-order valence-corrected chi connectivity index (χ4v) is 2.19. The summed E-state index contributed by atoms with van der Waals surface area (Å²) in [6, 6.07) is 4.64. The maximum Gasteiger partial charge on any atom is 0.142 e. The van der Waals surface area contributed by atoms with Crippen molar-refractivity contribution < 1.29 is 4.74 Å². The van der Waals surface area contributed by atoms with E-state index in [1.807, 2.05) is 13.1 Å². The highest BCUT2D eigenvalue weighted by Crippen LogP contribution is 2.36. The van der Waals surface area contributed by atoms with Crippen LogP contribution in [-0.2, 0) is 6.42 Å². The summed E-state index contributed by atoms with van der Waals surface area (Å²) in [4.78, 5) is 0. The quantitative estimate of drug-likeness (QED) is 0.787. The summed E-state index contributed by atoms with van der Waals surface area (Å²) in [6.45, 7) is 3.14. The molecule has 0 amide bonds. The lowest BCUT2D eigenvalue weighted by atomic mass is 10.0. The molecule has 0 aromatic heterocycles. The van der Waals surface area contributed by atoms with E-state index in [-0.39, 0.29) is 0 Å². The van der Waals surface area contributed by atoms with Crippen LogP contribution in [0.1, 0.15) is 11.1 Å². The van der Waals surface area contributed by atoms with Crippen LogP contribution in [0.25, 0.3) is 0 Å². The number of anilines is 1. The number of aryl methyl sites for hydroxylation is 1. The summed E-state index contributed by atoms with van der Waals surface area (Å²) in [7, 11) is 3.70. The van der Waals surface area contributed by atoms with Gasteiger partial charge in [-0.05, 0) is 37.6 Å². The van der Waals surface area contributed by atoms with E-state index in [0.29, 0.717) is 6.04 Å². The summed E-state index contributed by atoms with van der Waals surface area (Å²) in [5, 5.41) is 6.71. The molecule has 1 aromatic rings. The van der Waals surface area contributed by atoms with Crippen LogP contribution in [0.15, 0.2) is 12.1 Å². The van der Waals surface area contributed by atoms with Gasteiger partial charge in [-0.25, -0.2) is 0 Å². The van der Waals surface area contributed by atoms with Gasteiger partial charge in [0.1, 0.15) is 5.75 Å². The Hall–Kier alpha value is -1.22. The molecule has 1 atom stereocenters. The van der Waals surface area contributed by atoms with Gasteiger partial charge in [0.25, 0.3) is 0 Å². The van der Waals surface area contributed by atoms with Crippen molar-refractivity contribution in [2.24, 2.45) is 0 Å². The van der Waals surface area contributed by atoms with Crippen molar-refractivity contribution in [3.05, 3.63) is 23.3 Å². The molecule has 3 heteroatoms. The molecule has 15 heavy (non-hydrogen) atoms. The predicted octanol–water partition coefficient (Wildman–Crippen LogP) is 1.56. The Morgan fingerprint density at radius 3 is 3.00 bits per heavy atom. The van der Waals surface area contributed by atoms with Gasteiger partial charge in [0.15, 0.2) is 0 Å². The molecule has 0 aliphatic carbocycles. The Morgan fingerprint density at radius 2 is 2.33 bits per heavy atom. The van der Waals surface area contributed by atoms with Crippen LogP contribution >= 0.6 is 0 Å². The molecule has 1 aliphatic heterocycles. The molecule has 0 saturated carbocycles. The van der Waals surface area contributed by atoms with Crippen LogP contribution in [0, 0.1) is 6.92 Å². The molecule has 1 unspecified atom stereocenters. The van der Waals surface area contributed by atoms with Crippen LogP contribution < -0.4 is 15.4 Å². The topological polar surface area (TPSA) is 33.3 Å². The molecule has 0 radical (unpaired) electrons. The monoisotopic (exact) mass is 206 g/mol. The summed E-state index contributed by atoms with van der Waals surface area (Å²) in [6.07, 6.45) is 1.08. The van der Waals surface area contributed by atoms with Crippen LogP contribution in [0.4, 0.5) is 5.69 Å². The second-order valence-corrected chi connectivity index (χ2v) is 4.04. The van der Waals surface area contributed by atoms with E-state index >= 15 is 0 Å². The zero-order valence-electron chi connectivity index (χ0n) is 9.55. The van der Waals surface area contributed by atoms with Crippen LogP contribution in [0.3, 0.4) is 0 Å². The van der Waals surface area contributed by atoms with Gasteiger partial charge in [0.05, 0.1) is 12.8 Å².